The Morgan fingerprint density at radius 1 is 1.11 bits per heavy atom. The molecule has 4 rings (SSSR count). The molecule has 0 aromatic heterocycles. The highest BCUT2D eigenvalue weighted by Gasteiger charge is 2.60. The Morgan fingerprint density at radius 2 is 1.83 bits per heavy atom. The van der Waals surface area contributed by atoms with Gasteiger partial charge in [-0.1, -0.05) is 26.8 Å². The maximum Gasteiger partial charge on any atom is 0.303 e. The predicted molar refractivity (Wildman–Crippen MR) is 141 cm³/mol. The van der Waals surface area contributed by atoms with Crippen molar-refractivity contribution in [3.63, 3.8) is 0 Å². The molecule has 0 amide bonds. The summed E-state index contributed by atoms with van der Waals surface area (Å²) in [6, 6.07) is 0. The fraction of sp³-hybridized carbons (Fsp3) is 0.871. The minimum atomic E-state index is -0.588. The van der Waals surface area contributed by atoms with Crippen molar-refractivity contribution in [2.24, 2.45) is 40.4 Å². The Morgan fingerprint density at radius 3 is 2.47 bits per heavy atom. The Hall–Kier alpha value is -1.20. The van der Waals surface area contributed by atoms with Crippen LogP contribution in [0.4, 0.5) is 0 Å². The molecule has 204 valence electrons. The zero-order valence-electron chi connectivity index (χ0n) is 23.8. The van der Waals surface area contributed by atoms with E-state index in [1.165, 1.54) is 45.1 Å². The van der Waals surface area contributed by atoms with Gasteiger partial charge in [0.05, 0.1) is 11.7 Å². The number of aliphatic hydroxyl groups is 1. The van der Waals surface area contributed by atoms with E-state index < -0.39 is 5.60 Å². The average molecular weight is 503 g/mol. The molecule has 0 saturated heterocycles. The highest BCUT2D eigenvalue weighted by Crippen LogP contribution is 2.67. The molecule has 3 saturated carbocycles. The number of ketones is 1. The molecule has 5 heteroatoms. The Kier molecular flexibility index (Phi) is 7.86. The van der Waals surface area contributed by atoms with Gasteiger partial charge in [0, 0.05) is 6.92 Å². The van der Waals surface area contributed by atoms with E-state index in [1.807, 2.05) is 13.8 Å². The van der Waals surface area contributed by atoms with Gasteiger partial charge in [0.15, 0.2) is 5.78 Å². The molecule has 3 fully saturated rings. The molecule has 4 aliphatic carbocycles. The molecular weight excluding hydrogens is 452 g/mol. The third-order valence-electron chi connectivity index (χ3n) is 10.9. The predicted octanol–water partition coefficient (Wildman–Crippen LogP) is 6.27. The summed E-state index contributed by atoms with van der Waals surface area (Å²) in [5, 5.41) is 10.3. The first-order chi connectivity index (χ1) is 16.8. The quantitative estimate of drug-likeness (QED) is 0.313. The van der Waals surface area contributed by atoms with Gasteiger partial charge in [-0.3, -0.25) is 9.59 Å². The largest absolute Gasteiger partial charge is 0.455 e. The summed E-state index contributed by atoms with van der Waals surface area (Å²) in [4.78, 5) is 23.7. The van der Waals surface area contributed by atoms with Gasteiger partial charge in [-0.25, -0.2) is 0 Å². The summed E-state index contributed by atoms with van der Waals surface area (Å²) in [5.74, 6) is 3.10. The number of Topliss-reactive ketones (excluding diaryl/α,β-unsaturated/α-hetero) is 1. The van der Waals surface area contributed by atoms with Crippen LogP contribution >= 0.6 is 0 Å². The lowest BCUT2D eigenvalue weighted by molar-refractivity contribution is -0.160. The van der Waals surface area contributed by atoms with E-state index in [9.17, 15) is 14.7 Å². The molecule has 0 aliphatic heterocycles. The van der Waals surface area contributed by atoms with Crippen LogP contribution in [0.5, 0.6) is 0 Å². The first kappa shape index (κ1) is 27.8. The van der Waals surface area contributed by atoms with E-state index in [4.69, 9.17) is 9.47 Å². The maximum absolute atomic E-state index is 12.1. The van der Waals surface area contributed by atoms with Gasteiger partial charge < -0.3 is 14.6 Å². The minimum absolute atomic E-state index is 0.00160. The van der Waals surface area contributed by atoms with Crippen molar-refractivity contribution in [1.29, 1.82) is 0 Å². The summed E-state index contributed by atoms with van der Waals surface area (Å²) in [6.45, 7) is 14.4. The molecule has 0 spiro atoms. The van der Waals surface area contributed by atoms with Crippen molar-refractivity contribution in [2.75, 3.05) is 6.61 Å². The molecule has 1 N–H and O–H groups in total. The van der Waals surface area contributed by atoms with Crippen LogP contribution in [-0.2, 0) is 19.1 Å². The zero-order chi connectivity index (χ0) is 26.5. The molecule has 0 aromatic carbocycles. The van der Waals surface area contributed by atoms with Crippen molar-refractivity contribution >= 4 is 11.8 Å². The van der Waals surface area contributed by atoms with Crippen molar-refractivity contribution in [2.45, 2.75) is 124 Å². The summed E-state index contributed by atoms with van der Waals surface area (Å²) >= 11 is 0. The van der Waals surface area contributed by atoms with Crippen LogP contribution in [0, 0.1) is 40.4 Å². The Balaban J connectivity index is 1.55. The lowest BCUT2D eigenvalue weighted by Crippen LogP contribution is -2.55. The number of allylic oxidation sites excluding steroid dienone is 1. The SMILES string of the molecule is CC(=O)CO[C@H]1CC[C@@]2(C)C(=CC[C@H]3[C@@H]4CC[C@H]([C@H](C)CCC(C)(C)O)[C@@]4(C)CC[C@@H]32)[C@H]1OC(C)=O. The summed E-state index contributed by atoms with van der Waals surface area (Å²) in [6.07, 6.45) is 11.7. The first-order valence-corrected chi connectivity index (χ1v) is 14.5. The van der Waals surface area contributed by atoms with Crippen molar-refractivity contribution < 1.29 is 24.2 Å². The first-order valence-electron chi connectivity index (χ1n) is 14.5. The minimum Gasteiger partial charge on any atom is -0.455 e. The lowest BCUT2D eigenvalue weighted by Gasteiger charge is -2.59. The third kappa shape index (κ3) is 5.21. The molecular formula is C31H50O5. The highest BCUT2D eigenvalue weighted by atomic mass is 16.6. The molecule has 0 aromatic rings. The number of hydrogen-bond donors (Lipinski definition) is 1. The molecule has 9 atom stereocenters. The van der Waals surface area contributed by atoms with Gasteiger partial charge in [0.2, 0.25) is 0 Å². The Labute approximate surface area is 218 Å². The van der Waals surface area contributed by atoms with Gasteiger partial charge in [-0.05, 0) is 125 Å². The van der Waals surface area contributed by atoms with Crippen molar-refractivity contribution in [1.82, 2.24) is 0 Å². The van der Waals surface area contributed by atoms with E-state index in [0.717, 1.165) is 43.9 Å². The standard InChI is InChI=1S/C31H50O5/c1-19(12-15-29(4,5)34)23-10-11-24-22-8-9-26-28(36-21(3)33)27(35-18-20(2)32)14-17-31(26,7)25(22)13-16-30(23,24)6/h9,19,22-25,27-28,34H,8,10-18H2,1-7H3/t19-,22+,23-,24+,25+,27+,28-,30-,31-/m1/s1. The van der Waals surface area contributed by atoms with E-state index in [1.54, 1.807) is 0 Å². The molecule has 5 nitrogen and oxygen atoms in total. The molecule has 0 bridgehead atoms. The number of hydrogen-bond acceptors (Lipinski definition) is 5. The van der Waals surface area contributed by atoms with Crippen LogP contribution in [0.1, 0.15) is 106 Å². The van der Waals surface area contributed by atoms with Crippen LogP contribution in [0.3, 0.4) is 0 Å². The second-order valence-electron chi connectivity index (χ2n) is 13.9. The van der Waals surface area contributed by atoms with E-state index in [2.05, 4.69) is 26.8 Å². The Bertz CT molecular complexity index is 871. The fourth-order valence-corrected chi connectivity index (χ4v) is 9.15. The number of fused-ring (bicyclic) bond motifs is 5. The van der Waals surface area contributed by atoms with Gasteiger partial charge >= 0.3 is 5.97 Å². The van der Waals surface area contributed by atoms with Crippen LogP contribution in [0.25, 0.3) is 0 Å². The van der Waals surface area contributed by atoms with Crippen LogP contribution in [-0.4, -0.2) is 41.3 Å². The zero-order valence-corrected chi connectivity index (χ0v) is 23.8. The van der Waals surface area contributed by atoms with Crippen molar-refractivity contribution in [3.8, 4) is 0 Å². The maximum atomic E-state index is 12.1. The third-order valence-corrected chi connectivity index (χ3v) is 10.9. The normalized spacial score (nSPS) is 40.9. The number of esters is 1. The summed E-state index contributed by atoms with van der Waals surface area (Å²) < 4.78 is 11.9. The number of carbonyl (C=O) groups excluding carboxylic acids is 2. The summed E-state index contributed by atoms with van der Waals surface area (Å²) in [5.41, 5.74) is 1.05. The second-order valence-corrected chi connectivity index (χ2v) is 13.9. The molecule has 0 heterocycles. The van der Waals surface area contributed by atoms with Crippen LogP contribution in [0.15, 0.2) is 11.6 Å². The molecule has 0 unspecified atom stereocenters. The smallest absolute Gasteiger partial charge is 0.303 e. The lowest BCUT2D eigenvalue weighted by atomic mass is 9.46. The van der Waals surface area contributed by atoms with Gasteiger partial charge in [-0.15, -0.1) is 0 Å². The van der Waals surface area contributed by atoms with Gasteiger partial charge in [-0.2, -0.15) is 0 Å². The van der Waals surface area contributed by atoms with Crippen molar-refractivity contribution in [3.05, 3.63) is 11.6 Å². The fourth-order valence-electron chi connectivity index (χ4n) is 9.15. The van der Waals surface area contributed by atoms with Gasteiger partial charge in [0.25, 0.3) is 0 Å². The van der Waals surface area contributed by atoms with Crippen LogP contribution in [0.2, 0.25) is 0 Å². The number of rotatable bonds is 8. The van der Waals surface area contributed by atoms with E-state index in [0.29, 0.717) is 23.2 Å². The second kappa shape index (κ2) is 10.2. The highest BCUT2D eigenvalue weighted by molar-refractivity contribution is 5.76. The molecule has 0 radical (unpaired) electrons. The van der Waals surface area contributed by atoms with E-state index >= 15 is 0 Å². The average Bonchev–Trinajstić information content (AvgIpc) is 3.13. The van der Waals surface area contributed by atoms with Crippen LogP contribution < -0.4 is 0 Å². The number of carbonyl (C=O) groups is 2. The monoisotopic (exact) mass is 502 g/mol. The number of ether oxygens (including phenoxy) is 2. The van der Waals surface area contributed by atoms with Gasteiger partial charge in [0.1, 0.15) is 12.7 Å². The summed E-state index contributed by atoms with van der Waals surface area (Å²) in [7, 11) is 0. The molecule has 36 heavy (non-hydrogen) atoms. The molecule has 4 aliphatic rings. The topological polar surface area (TPSA) is 72.8 Å². The van der Waals surface area contributed by atoms with E-state index in [-0.39, 0.29) is 36.0 Å².